The number of carbonyl (C=O) groups excluding carboxylic acids is 1. The van der Waals surface area contributed by atoms with Crippen LogP contribution in [0.25, 0.3) is 0 Å². The predicted molar refractivity (Wildman–Crippen MR) is 123 cm³/mol. The summed E-state index contributed by atoms with van der Waals surface area (Å²) in [5.41, 5.74) is -0.382. The highest BCUT2D eigenvalue weighted by atomic mass is 127. The minimum Gasteiger partial charge on any atom is -0.489 e. The van der Waals surface area contributed by atoms with Gasteiger partial charge >= 0.3 is 0 Å². The molecule has 0 aliphatic rings. The van der Waals surface area contributed by atoms with Gasteiger partial charge in [0.1, 0.15) is 11.9 Å². The fraction of sp³-hybridized carbons (Fsp3) is 0.579. The Hall–Kier alpha value is -1.22. The Morgan fingerprint density at radius 1 is 1.15 bits per heavy atom. The molecule has 154 valence electrons. The summed E-state index contributed by atoms with van der Waals surface area (Å²) in [6.07, 6.45) is -0.0766. The van der Waals surface area contributed by atoms with Crippen LogP contribution in [0.1, 0.15) is 34.6 Å². The molecule has 1 atom stereocenters. The number of hydrogen-bond donors (Lipinski definition) is 3. The van der Waals surface area contributed by atoms with Crippen molar-refractivity contribution in [2.45, 2.75) is 40.7 Å². The monoisotopic (exact) mass is 510 g/mol. The molecule has 0 aromatic heterocycles. The number of guanidine groups is 1. The van der Waals surface area contributed by atoms with Crippen molar-refractivity contribution < 1.29 is 9.53 Å². The van der Waals surface area contributed by atoms with Crippen LogP contribution in [0.2, 0.25) is 5.02 Å². The van der Waals surface area contributed by atoms with E-state index in [0.717, 1.165) is 12.3 Å². The van der Waals surface area contributed by atoms with E-state index in [1.807, 2.05) is 46.8 Å². The van der Waals surface area contributed by atoms with Gasteiger partial charge in [0, 0.05) is 30.1 Å². The number of nitrogens with one attached hydrogen (secondary N) is 3. The lowest BCUT2D eigenvalue weighted by atomic mass is 9.96. The summed E-state index contributed by atoms with van der Waals surface area (Å²) in [5, 5.41) is 9.97. The van der Waals surface area contributed by atoms with Gasteiger partial charge in [0.05, 0.1) is 6.54 Å². The van der Waals surface area contributed by atoms with Gasteiger partial charge in [0.2, 0.25) is 5.91 Å². The van der Waals surface area contributed by atoms with Crippen molar-refractivity contribution in [1.29, 1.82) is 0 Å². The number of ether oxygens (including phenoxy) is 1. The Balaban J connectivity index is 0.00000676. The van der Waals surface area contributed by atoms with E-state index in [0.29, 0.717) is 30.6 Å². The zero-order valence-electron chi connectivity index (χ0n) is 16.8. The Kier molecular flexibility index (Phi) is 12.5. The maximum absolute atomic E-state index is 11.8. The van der Waals surface area contributed by atoms with E-state index < -0.39 is 0 Å². The van der Waals surface area contributed by atoms with Gasteiger partial charge in [-0.25, -0.2) is 4.99 Å². The first-order chi connectivity index (χ1) is 12.2. The highest BCUT2D eigenvalue weighted by Gasteiger charge is 2.20. The Labute approximate surface area is 184 Å². The lowest BCUT2D eigenvalue weighted by Gasteiger charge is -2.18. The molecule has 1 aromatic carbocycles. The summed E-state index contributed by atoms with van der Waals surface area (Å²) < 4.78 is 5.81. The summed E-state index contributed by atoms with van der Waals surface area (Å²) in [5.74, 6) is 1.50. The van der Waals surface area contributed by atoms with Gasteiger partial charge in [-0.05, 0) is 38.1 Å². The van der Waals surface area contributed by atoms with Crippen molar-refractivity contribution in [3.05, 3.63) is 29.3 Å². The minimum absolute atomic E-state index is 0. The van der Waals surface area contributed by atoms with Crippen LogP contribution in [-0.4, -0.2) is 44.1 Å². The first kappa shape index (κ1) is 25.8. The molecule has 3 N–H and O–H groups in total. The molecule has 1 rings (SSSR count). The lowest BCUT2D eigenvalue weighted by Crippen LogP contribution is -2.43. The number of amides is 1. The van der Waals surface area contributed by atoms with Crippen molar-refractivity contribution in [3.8, 4) is 5.75 Å². The molecule has 6 nitrogen and oxygen atoms in total. The SMILES string of the molecule is CCNC(=NCC(C)Oc1ccc(Cl)cc1)NCCNC(=O)C(C)(C)C.I. The van der Waals surface area contributed by atoms with Crippen molar-refractivity contribution in [2.75, 3.05) is 26.2 Å². The third kappa shape index (κ3) is 11.3. The summed E-state index contributed by atoms with van der Waals surface area (Å²) in [6, 6.07) is 7.27. The molecule has 0 fully saturated rings. The molecular formula is C19H32ClIN4O2. The van der Waals surface area contributed by atoms with Crippen molar-refractivity contribution in [2.24, 2.45) is 10.4 Å². The molecule has 1 unspecified atom stereocenters. The largest absolute Gasteiger partial charge is 0.489 e. The van der Waals surface area contributed by atoms with Gasteiger partial charge < -0.3 is 20.7 Å². The fourth-order valence-electron chi connectivity index (χ4n) is 1.97. The van der Waals surface area contributed by atoms with Crippen LogP contribution in [0.3, 0.4) is 0 Å². The van der Waals surface area contributed by atoms with Crippen LogP contribution in [0.4, 0.5) is 0 Å². The summed E-state index contributed by atoms with van der Waals surface area (Å²) in [6.45, 7) is 12.0. The van der Waals surface area contributed by atoms with E-state index in [1.54, 1.807) is 12.1 Å². The van der Waals surface area contributed by atoms with Gasteiger partial charge in [-0.15, -0.1) is 24.0 Å². The molecule has 0 aliphatic carbocycles. The summed E-state index contributed by atoms with van der Waals surface area (Å²) in [7, 11) is 0. The standard InChI is InChI=1S/C19H31ClN4O2.HI/c1-6-21-18(23-12-11-22-17(25)19(3,4)5)24-13-14(2)26-16-9-7-15(20)8-10-16;/h7-10,14H,6,11-13H2,1-5H3,(H,22,25)(H2,21,23,24);1H. The van der Waals surface area contributed by atoms with Gasteiger partial charge in [0.25, 0.3) is 0 Å². The van der Waals surface area contributed by atoms with Crippen LogP contribution >= 0.6 is 35.6 Å². The topological polar surface area (TPSA) is 74.8 Å². The maximum Gasteiger partial charge on any atom is 0.225 e. The number of aliphatic imine (C=N–C) groups is 1. The molecule has 1 amide bonds. The zero-order chi connectivity index (χ0) is 19.6. The second kappa shape index (κ2) is 13.0. The summed E-state index contributed by atoms with van der Waals surface area (Å²) >= 11 is 5.87. The zero-order valence-corrected chi connectivity index (χ0v) is 19.9. The molecule has 0 radical (unpaired) electrons. The van der Waals surface area contributed by atoms with E-state index in [1.165, 1.54) is 0 Å². The molecule has 0 spiro atoms. The van der Waals surface area contributed by atoms with Crippen molar-refractivity contribution >= 4 is 47.4 Å². The van der Waals surface area contributed by atoms with Crippen LogP contribution in [0, 0.1) is 5.41 Å². The smallest absolute Gasteiger partial charge is 0.225 e. The highest BCUT2D eigenvalue weighted by molar-refractivity contribution is 14.0. The fourth-order valence-corrected chi connectivity index (χ4v) is 2.09. The van der Waals surface area contributed by atoms with Crippen molar-refractivity contribution in [1.82, 2.24) is 16.0 Å². The minimum atomic E-state index is -0.382. The third-order valence-corrected chi connectivity index (χ3v) is 3.64. The van der Waals surface area contributed by atoms with Crippen LogP contribution in [-0.2, 0) is 4.79 Å². The van der Waals surface area contributed by atoms with E-state index in [4.69, 9.17) is 16.3 Å². The number of rotatable bonds is 8. The number of halogens is 2. The van der Waals surface area contributed by atoms with E-state index in [9.17, 15) is 4.79 Å². The molecule has 0 heterocycles. The average Bonchev–Trinajstić information content (AvgIpc) is 2.57. The molecule has 0 bridgehead atoms. The van der Waals surface area contributed by atoms with E-state index in [-0.39, 0.29) is 41.4 Å². The van der Waals surface area contributed by atoms with Gasteiger partial charge in [0.15, 0.2) is 5.96 Å². The maximum atomic E-state index is 11.8. The second-order valence-electron chi connectivity index (χ2n) is 7.03. The molecule has 27 heavy (non-hydrogen) atoms. The third-order valence-electron chi connectivity index (χ3n) is 3.39. The molecule has 8 heteroatoms. The predicted octanol–water partition coefficient (Wildman–Crippen LogP) is 3.44. The Morgan fingerprint density at radius 2 is 1.74 bits per heavy atom. The second-order valence-corrected chi connectivity index (χ2v) is 7.47. The average molecular weight is 511 g/mol. The lowest BCUT2D eigenvalue weighted by molar-refractivity contribution is -0.128. The van der Waals surface area contributed by atoms with E-state index >= 15 is 0 Å². The normalized spacial score (nSPS) is 12.6. The van der Waals surface area contributed by atoms with Gasteiger partial charge in [-0.3, -0.25) is 4.79 Å². The van der Waals surface area contributed by atoms with Crippen molar-refractivity contribution in [3.63, 3.8) is 0 Å². The van der Waals surface area contributed by atoms with E-state index in [2.05, 4.69) is 20.9 Å². The van der Waals surface area contributed by atoms with Crippen LogP contribution in [0.5, 0.6) is 5.75 Å². The highest BCUT2D eigenvalue weighted by Crippen LogP contribution is 2.16. The number of benzene rings is 1. The first-order valence-corrected chi connectivity index (χ1v) is 9.33. The first-order valence-electron chi connectivity index (χ1n) is 8.95. The van der Waals surface area contributed by atoms with Crippen LogP contribution in [0.15, 0.2) is 29.3 Å². The Morgan fingerprint density at radius 3 is 2.30 bits per heavy atom. The molecule has 1 aromatic rings. The molecule has 0 aliphatic heterocycles. The van der Waals surface area contributed by atoms with Gasteiger partial charge in [-0.1, -0.05) is 32.4 Å². The Bertz CT molecular complexity index is 588. The number of nitrogens with zero attached hydrogens (tertiary/aromatic N) is 1. The van der Waals surface area contributed by atoms with Gasteiger partial charge in [-0.2, -0.15) is 0 Å². The quantitative estimate of drug-likeness (QED) is 0.217. The molecule has 0 saturated carbocycles. The number of carbonyl (C=O) groups is 1. The summed E-state index contributed by atoms with van der Waals surface area (Å²) in [4.78, 5) is 16.4. The molecule has 0 saturated heterocycles. The van der Waals surface area contributed by atoms with Crippen LogP contribution < -0.4 is 20.7 Å². The molecular weight excluding hydrogens is 479 g/mol. The number of hydrogen-bond acceptors (Lipinski definition) is 3.